The number of benzene rings is 2. The molecular weight excluding hydrogens is 352 g/mol. The van der Waals surface area contributed by atoms with Crippen molar-refractivity contribution in [2.45, 2.75) is 13.8 Å². The van der Waals surface area contributed by atoms with Crippen molar-refractivity contribution < 1.29 is 9.90 Å². The molecule has 3 rings (SSSR count). The molecule has 1 aromatic heterocycles. The van der Waals surface area contributed by atoms with Crippen molar-refractivity contribution in [1.29, 1.82) is 0 Å². The number of halogens is 1. The number of aromatic carboxylic acids is 1. The Morgan fingerprint density at radius 1 is 1.00 bits per heavy atom. The highest BCUT2D eigenvalue weighted by Gasteiger charge is 2.07. The molecule has 3 aromatic rings. The molecule has 0 aliphatic rings. The van der Waals surface area contributed by atoms with Gasteiger partial charge in [0.25, 0.3) is 0 Å². The van der Waals surface area contributed by atoms with Gasteiger partial charge < -0.3 is 15.7 Å². The maximum Gasteiger partial charge on any atom is 0.335 e. The molecule has 0 spiro atoms. The third-order valence-electron chi connectivity index (χ3n) is 3.68. The van der Waals surface area contributed by atoms with Gasteiger partial charge in [0.05, 0.1) is 5.56 Å². The van der Waals surface area contributed by atoms with Crippen molar-refractivity contribution >= 4 is 40.6 Å². The van der Waals surface area contributed by atoms with Crippen LogP contribution in [0.4, 0.5) is 23.0 Å². The molecule has 0 radical (unpaired) electrons. The highest BCUT2D eigenvalue weighted by Crippen LogP contribution is 2.25. The van der Waals surface area contributed by atoms with Gasteiger partial charge in [0.15, 0.2) is 0 Å². The van der Waals surface area contributed by atoms with Gasteiger partial charge in [-0.3, -0.25) is 0 Å². The Labute approximate surface area is 155 Å². The third kappa shape index (κ3) is 4.29. The van der Waals surface area contributed by atoms with Crippen LogP contribution in [-0.2, 0) is 0 Å². The fourth-order valence-electron chi connectivity index (χ4n) is 2.44. The zero-order valence-electron chi connectivity index (χ0n) is 14.2. The summed E-state index contributed by atoms with van der Waals surface area (Å²) in [4.78, 5) is 19.8. The van der Waals surface area contributed by atoms with Crippen LogP contribution in [0.2, 0.25) is 5.02 Å². The van der Waals surface area contributed by atoms with E-state index in [1.54, 1.807) is 31.2 Å². The molecule has 0 unspecified atom stereocenters. The van der Waals surface area contributed by atoms with Gasteiger partial charge in [-0.1, -0.05) is 23.7 Å². The Morgan fingerprint density at radius 3 is 2.46 bits per heavy atom. The average Bonchev–Trinajstić information content (AvgIpc) is 2.58. The van der Waals surface area contributed by atoms with Gasteiger partial charge in [0.2, 0.25) is 0 Å². The van der Waals surface area contributed by atoms with Crippen LogP contribution in [0.15, 0.2) is 48.5 Å². The predicted molar refractivity (Wildman–Crippen MR) is 103 cm³/mol. The molecule has 0 fully saturated rings. The summed E-state index contributed by atoms with van der Waals surface area (Å²) in [6, 6.07) is 13.9. The number of hydrogen-bond acceptors (Lipinski definition) is 5. The number of anilines is 4. The van der Waals surface area contributed by atoms with E-state index >= 15 is 0 Å². The summed E-state index contributed by atoms with van der Waals surface area (Å²) in [5, 5.41) is 16.1. The Balaban J connectivity index is 1.87. The molecule has 6 nitrogen and oxygen atoms in total. The van der Waals surface area contributed by atoms with E-state index in [1.807, 2.05) is 25.1 Å². The van der Waals surface area contributed by atoms with Gasteiger partial charge in [0, 0.05) is 22.5 Å². The van der Waals surface area contributed by atoms with Gasteiger partial charge in [-0.05, 0) is 49.7 Å². The molecule has 2 aromatic carbocycles. The van der Waals surface area contributed by atoms with Crippen LogP contribution in [-0.4, -0.2) is 21.0 Å². The number of nitrogens with zero attached hydrogens (tertiary/aromatic N) is 2. The minimum atomic E-state index is -0.980. The van der Waals surface area contributed by atoms with E-state index in [-0.39, 0.29) is 5.56 Å². The topological polar surface area (TPSA) is 87.1 Å². The lowest BCUT2D eigenvalue weighted by Crippen LogP contribution is -2.03. The average molecular weight is 369 g/mol. The number of aryl methyl sites for hydroxylation is 2. The zero-order chi connectivity index (χ0) is 18.7. The highest BCUT2D eigenvalue weighted by molar-refractivity contribution is 6.30. The standard InChI is InChI=1S/C19H17ClN4O2/c1-11-6-7-14(20)9-16(11)24-18-10-17(21-12(2)22-18)23-15-5-3-4-13(8-15)19(25)26/h3-10H,1-2H3,(H,25,26)(H2,21,22,23,24). The second-order valence-corrected chi connectivity index (χ2v) is 6.22. The number of rotatable bonds is 5. The van der Waals surface area contributed by atoms with Gasteiger partial charge in [-0.25, -0.2) is 14.8 Å². The maximum absolute atomic E-state index is 11.1. The van der Waals surface area contributed by atoms with E-state index < -0.39 is 5.97 Å². The molecule has 1 heterocycles. The van der Waals surface area contributed by atoms with Gasteiger partial charge in [-0.15, -0.1) is 0 Å². The van der Waals surface area contributed by atoms with Crippen molar-refractivity contribution in [1.82, 2.24) is 9.97 Å². The molecule has 0 bridgehead atoms. The lowest BCUT2D eigenvalue weighted by Gasteiger charge is -2.12. The maximum atomic E-state index is 11.1. The lowest BCUT2D eigenvalue weighted by atomic mass is 10.2. The summed E-state index contributed by atoms with van der Waals surface area (Å²) in [6.07, 6.45) is 0. The van der Waals surface area contributed by atoms with Gasteiger partial charge in [-0.2, -0.15) is 0 Å². The van der Waals surface area contributed by atoms with E-state index in [1.165, 1.54) is 6.07 Å². The van der Waals surface area contributed by atoms with Crippen LogP contribution in [0.25, 0.3) is 0 Å². The molecule has 132 valence electrons. The number of carbonyl (C=O) groups is 1. The molecule has 7 heteroatoms. The van der Waals surface area contributed by atoms with Crippen molar-refractivity contribution in [3.63, 3.8) is 0 Å². The number of nitrogens with one attached hydrogen (secondary N) is 2. The van der Waals surface area contributed by atoms with Crippen LogP contribution in [0, 0.1) is 13.8 Å². The number of carboxylic acid groups (broad SMARTS) is 1. The summed E-state index contributed by atoms with van der Waals surface area (Å²) < 4.78 is 0. The van der Waals surface area contributed by atoms with Crippen LogP contribution in [0.3, 0.4) is 0 Å². The summed E-state index contributed by atoms with van der Waals surface area (Å²) in [6.45, 7) is 3.76. The monoisotopic (exact) mass is 368 g/mol. The number of aromatic nitrogens is 2. The minimum absolute atomic E-state index is 0.202. The van der Waals surface area contributed by atoms with Crippen LogP contribution in [0.1, 0.15) is 21.7 Å². The molecule has 26 heavy (non-hydrogen) atoms. The van der Waals surface area contributed by atoms with Crippen molar-refractivity contribution in [2.24, 2.45) is 0 Å². The van der Waals surface area contributed by atoms with Crippen LogP contribution < -0.4 is 10.6 Å². The molecule has 0 aliphatic heterocycles. The van der Waals surface area contributed by atoms with Crippen LogP contribution >= 0.6 is 11.6 Å². The first-order valence-corrected chi connectivity index (χ1v) is 8.28. The summed E-state index contributed by atoms with van der Waals surface area (Å²) in [7, 11) is 0. The van der Waals surface area contributed by atoms with E-state index in [0.717, 1.165) is 11.3 Å². The fourth-order valence-corrected chi connectivity index (χ4v) is 2.61. The van der Waals surface area contributed by atoms with Crippen molar-refractivity contribution in [3.05, 3.63) is 70.5 Å². The normalized spacial score (nSPS) is 10.4. The third-order valence-corrected chi connectivity index (χ3v) is 3.92. The molecule has 0 saturated heterocycles. The van der Waals surface area contributed by atoms with Crippen LogP contribution in [0.5, 0.6) is 0 Å². The molecule has 0 aliphatic carbocycles. The molecule has 0 saturated carbocycles. The zero-order valence-corrected chi connectivity index (χ0v) is 15.0. The fraction of sp³-hybridized carbons (Fsp3) is 0.105. The quantitative estimate of drug-likeness (QED) is 0.591. The number of hydrogen-bond donors (Lipinski definition) is 3. The first kappa shape index (κ1) is 17.7. The lowest BCUT2D eigenvalue weighted by molar-refractivity contribution is 0.0697. The Kier molecular flexibility index (Phi) is 5.04. The molecular formula is C19H17ClN4O2. The first-order valence-electron chi connectivity index (χ1n) is 7.90. The van der Waals surface area contributed by atoms with Crippen molar-refractivity contribution in [3.8, 4) is 0 Å². The van der Waals surface area contributed by atoms with E-state index in [0.29, 0.717) is 28.2 Å². The largest absolute Gasteiger partial charge is 0.478 e. The highest BCUT2D eigenvalue weighted by atomic mass is 35.5. The second-order valence-electron chi connectivity index (χ2n) is 5.78. The van der Waals surface area contributed by atoms with Gasteiger partial charge in [0.1, 0.15) is 17.5 Å². The minimum Gasteiger partial charge on any atom is -0.478 e. The summed E-state index contributed by atoms with van der Waals surface area (Å²) >= 11 is 6.06. The SMILES string of the molecule is Cc1nc(Nc2cccc(C(=O)O)c2)cc(Nc2cc(Cl)ccc2C)n1. The molecule has 3 N–H and O–H groups in total. The Bertz CT molecular complexity index is 976. The first-order chi connectivity index (χ1) is 12.4. The smallest absolute Gasteiger partial charge is 0.335 e. The predicted octanol–water partition coefficient (Wildman–Crippen LogP) is 4.93. The Morgan fingerprint density at radius 2 is 1.73 bits per heavy atom. The van der Waals surface area contributed by atoms with E-state index in [2.05, 4.69) is 20.6 Å². The molecule has 0 atom stereocenters. The van der Waals surface area contributed by atoms with E-state index in [9.17, 15) is 4.79 Å². The van der Waals surface area contributed by atoms with E-state index in [4.69, 9.17) is 16.7 Å². The second kappa shape index (κ2) is 7.41. The van der Waals surface area contributed by atoms with Crippen molar-refractivity contribution in [2.75, 3.05) is 10.6 Å². The van der Waals surface area contributed by atoms with Gasteiger partial charge >= 0.3 is 5.97 Å². The summed E-state index contributed by atoms with van der Waals surface area (Å²) in [5.41, 5.74) is 2.73. The summed E-state index contributed by atoms with van der Waals surface area (Å²) in [5.74, 6) is 0.764. The number of carboxylic acids is 1. The Hall–Kier alpha value is -3.12. The molecule has 0 amide bonds.